The van der Waals surface area contributed by atoms with Crippen LogP contribution in [-0.2, 0) is 23.0 Å². The first kappa shape index (κ1) is 22.4. The fourth-order valence-corrected chi connectivity index (χ4v) is 5.69. The average Bonchev–Trinajstić information content (AvgIpc) is 3.35. The minimum absolute atomic E-state index is 0.0758. The van der Waals surface area contributed by atoms with E-state index in [1.54, 1.807) is 45.4 Å². The second kappa shape index (κ2) is 7.57. The summed E-state index contributed by atoms with van der Waals surface area (Å²) < 4.78 is 7.91. The number of carbonyl (C=O) groups is 1. The molecule has 2 N–H and O–H groups in total. The molecular weight excluding hydrogens is 456 g/mol. The molecule has 1 aliphatic heterocycles. The van der Waals surface area contributed by atoms with Gasteiger partial charge >= 0.3 is 0 Å². The van der Waals surface area contributed by atoms with E-state index in [4.69, 9.17) is 16.3 Å². The number of aryl methyl sites for hydroxylation is 1. The van der Waals surface area contributed by atoms with Crippen LogP contribution in [-0.4, -0.2) is 51.0 Å². The van der Waals surface area contributed by atoms with Gasteiger partial charge < -0.3 is 19.8 Å². The molecular formula is C25H23ClN4O4. The van der Waals surface area contributed by atoms with Crippen molar-refractivity contribution in [2.75, 3.05) is 14.1 Å². The molecule has 5 rings (SSSR count). The Hall–Kier alpha value is -3.38. The summed E-state index contributed by atoms with van der Waals surface area (Å²) in [6.07, 6.45) is -1.56. The number of halogens is 1. The maximum atomic E-state index is 13.5. The fourth-order valence-electron chi connectivity index (χ4n) is 5.52. The molecule has 1 aromatic heterocycles. The second-order valence-electron chi connectivity index (χ2n) is 8.98. The van der Waals surface area contributed by atoms with Gasteiger partial charge in [0, 0.05) is 27.1 Å². The molecule has 9 heteroatoms. The molecule has 0 saturated heterocycles. The van der Waals surface area contributed by atoms with Gasteiger partial charge in [-0.15, -0.1) is 0 Å². The highest BCUT2D eigenvalue weighted by atomic mass is 35.5. The molecule has 8 nitrogen and oxygen atoms in total. The number of rotatable bonds is 3. The van der Waals surface area contributed by atoms with E-state index in [1.807, 2.05) is 30.3 Å². The lowest BCUT2D eigenvalue weighted by Crippen LogP contribution is -2.52. The molecule has 5 atom stereocenters. The van der Waals surface area contributed by atoms with Crippen LogP contribution in [0.1, 0.15) is 28.3 Å². The molecule has 1 fully saturated rings. The normalized spacial score (nSPS) is 29.1. The molecule has 2 aliphatic rings. The number of hydrogen-bond acceptors (Lipinski definition) is 6. The number of fused-ring (bicyclic) bond motifs is 3. The third kappa shape index (κ3) is 2.66. The van der Waals surface area contributed by atoms with Crippen molar-refractivity contribution in [3.8, 4) is 11.8 Å². The van der Waals surface area contributed by atoms with Crippen molar-refractivity contribution in [1.29, 1.82) is 5.26 Å². The van der Waals surface area contributed by atoms with E-state index in [0.717, 1.165) is 0 Å². The SMILES string of the molecule is CN(C)C(=O)[C@H]1[C@@H](O)[C@@]2(O)c3nn(C)c(Cl)c3O[C@@]2(c2ccc(C#N)cc2)[C@@H]1c1ccccc1. The van der Waals surface area contributed by atoms with E-state index in [1.165, 1.54) is 9.58 Å². The molecule has 2 heterocycles. The van der Waals surface area contributed by atoms with Gasteiger partial charge in [0.1, 0.15) is 11.8 Å². The van der Waals surface area contributed by atoms with Gasteiger partial charge in [-0.1, -0.05) is 54.1 Å². The van der Waals surface area contributed by atoms with Crippen molar-refractivity contribution in [1.82, 2.24) is 14.7 Å². The molecule has 34 heavy (non-hydrogen) atoms. The highest BCUT2D eigenvalue weighted by Gasteiger charge is 2.79. The van der Waals surface area contributed by atoms with Crippen LogP contribution in [0.15, 0.2) is 54.6 Å². The number of ether oxygens (including phenoxy) is 1. The molecule has 0 unspecified atom stereocenters. The smallest absolute Gasteiger partial charge is 0.228 e. The van der Waals surface area contributed by atoms with E-state index in [9.17, 15) is 20.3 Å². The topological polar surface area (TPSA) is 112 Å². The van der Waals surface area contributed by atoms with Crippen molar-refractivity contribution < 1.29 is 19.7 Å². The predicted molar refractivity (Wildman–Crippen MR) is 123 cm³/mol. The summed E-state index contributed by atoms with van der Waals surface area (Å²) in [6.45, 7) is 0. The summed E-state index contributed by atoms with van der Waals surface area (Å²) in [7, 11) is 4.82. The quantitative estimate of drug-likeness (QED) is 0.597. The molecule has 0 radical (unpaired) electrons. The molecule has 1 amide bonds. The third-order valence-corrected chi connectivity index (χ3v) is 7.44. The first-order valence-corrected chi connectivity index (χ1v) is 11.2. The second-order valence-corrected chi connectivity index (χ2v) is 9.34. The first-order chi connectivity index (χ1) is 16.2. The zero-order chi connectivity index (χ0) is 24.4. The van der Waals surface area contributed by atoms with Crippen LogP contribution in [0.25, 0.3) is 0 Å². The Bertz CT molecular complexity index is 1320. The van der Waals surface area contributed by atoms with Crippen molar-refractivity contribution >= 4 is 17.5 Å². The number of carbonyl (C=O) groups excluding carboxylic acids is 1. The maximum Gasteiger partial charge on any atom is 0.228 e. The van der Waals surface area contributed by atoms with Gasteiger partial charge in [-0.3, -0.25) is 9.48 Å². The molecule has 2 aromatic carbocycles. The van der Waals surface area contributed by atoms with Crippen molar-refractivity contribution in [2.24, 2.45) is 13.0 Å². The zero-order valence-corrected chi connectivity index (χ0v) is 19.6. The number of aromatic nitrogens is 2. The molecule has 3 aromatic rings. The van der Waals surface area contributed by atoms with Crippen LogP contribution >= 0.6 is 11.6 Å². The van der Waals surface area contributed by atoms with Crippen LogP contribution in [0.5, 0.6) is 5.75 Å². The maximum absolute atomic E-state index is 13.5. The van der Waals surface area contributed by atoms with E-state index in [-0.39, 0.29) is 22.5 Å². The Labute approximate surface area is 201 Å². The lowest BCUT2D eigenvalue weighted by molar-refractivity contribution is -0.158. The van der Waals surface area contributed by atoms with Crippen LogP contribution in [0.3, 0.4) is 0 Å². The third-order valence-electron chi connectivity index (χ3n) is 7.02. The van der Waals surface area contributed by atoms with Crippen molar-refractivity contribution in [3.63, 3.8) is 0 Å². The summed E-state index contributed by atoms with van der Waals surface area (Å²) in [4.78, 5) is 14.9. The van der Waals surface area contributed by atoms with Gasteiger partial charge in [0.2, 0.25) is 5.91 Å². The van der Waals surface area contributed by atoms with E-state index in [2.05, 4.69) is 11.2 Å². The van der Waals surface area contributed by atoms with Gasteiger partial charge in [-0.25, -0.2) is 0 Å². The van der Waals surface area contributed by atoms with E-state index < -0.39 is 29.1 Å². The Morgan fingerprint density at radius 1 is 1.21 bits per heavy atom. The number of nitrogens with zero attached hydrogens (tertiary/aromatic N) is 4. The summed E-state index contributed by atoms with van der Waals surface area (Å²) in [5, 5.41) is 38.0. The highest BCUT2D eigenvalue weighted by molar-refractivity contribution is 6.31. The lowest BCUT2D eigenvalue weighted by Gasteiger charge is -2.40. The van der Waals surface area contributed by atoms with Gasteiger partial charge in [0.25, 0.3) is 0 Å². The number of benzene rings is 2. The largest absolute Gasteiger partial charge is 0.473 e. The van der Waals surface area contributed by atoms with Crippen molar-refractivity contribution in [2.45, 2.75) is 23.2 Å². The van der Waals surface area contributed by atoms with Crippen LogP contribution in [0.2, 0.25) is 5.15 Å². The number of aliphatic hydroxyl groups excluding tert-OH is 1. The van der Waals surface area contributed by atoms with Crippen LogP contribution in [0.4, 0.5) is 0 Å². The van der Waals surface area contributed by atoms with Gasteiger partial charge in [0.05, 0.1) is 17.6 Å². The Kier molecular flexibility index (Phi) is 4.99. The molecule has 174 valence electrons. The summed E-state index contributed by atoms with van der Waals surface area (Å²) in [5.74, 6) is -2.05. The number of nitriles is 1. The number of hydrogen-bond donors (Lipinski definition) is 2. The summed E-state index contributed by atoms with van der Waals surface area (Å²) in [6, 6.07) is 17.8. The van der Waals surface area contributed by atoms with Crippen LogP contribution < -0.4 is 4.74 Å². The summed E-state index contributed by atoms with van der Waals surface area (Å²) in [5.41, 5.74) is -2.04. The molecule has 0 spiro atoms. The van der Waals surface area contributed by atoms with E-state index >= 15 is 0 Å². The zero-order valence-electron chi connectivity index (χ0n) is 18.8. The summed E-state index contributed by atoms with van der Waals surface area (Å²) >= 11 is 6.48. The van der Waals surface area contributed by atoms with Gasteiger partial charge in [-0.2, -0.15) is 10.4 Å². The highest BCUT2D eigenvalue weighted by Crippen LogP contribution is 2.69. The number of aliphatic hydroxyl groups is 2. The fraction of sp³-hybridized carbons (Fsp3) is 0.320. The molecule has 0 bridgehead atoms. The Morgan fingerprint density at radius 3 is 2.44 bits per heavy atom. The Balaban J connectivity index is 1.87. The molecule has 1 aliphatic carbocycles. The van der Waals surface area contributed by atoms with Gasteiger partial charge in [-0.05, 0) is 23.3 Å². The average molecular weight is 479 g/mol. The number of amides is 1. The standard InChI is InChI=1S/C25H23ClN4O4/c1-29(2)23(32)17-18(15-7-5-4-6-8-15)25(16-11-9-14(13-27)10-12-16)24(33,21(17)31)20-19(34-25)22(26)30(3)28-20/h4-12,17-18,21,31,33H,1-3H3/t17-,18-,21-,24+,25+/m1/s1. The Morgan fingerprint density at radius 2 is 1.85 bits per heavy atom. The first-order valence-electron chi connectivity index (χ1n) is 10.8. The minimum Gasteiger partial charge on any atom is -0.473 e. The van der Waals surface area contributed by atoms with Gasteiger partial charge in [0.15, 0.2) is 22.1 Å². The van der Waals surface area contributed by atoms with Crippen molar-refractivity contribution in [3.05, 3.63) is 82.1 Å². The minimum atomic E-state index is -2.10. The predicted octanol–water partition coefficient (Wildman–Crippen LogP) is 2.28. The molecule has 1 saturated carbocycles. The van der Waals surface area contributed by atoms with Crippen LogP contribution in [0, 0.1) is 17.2 Å². The monoisotopic (exact) mass is 478 g/mol. The lowest BCUT2D eigenvalue weighted by atomic mass is 9.71. The van der Waals surface area contributed by atoms with E-state index in [0.29, 0.717) is 16.7 Å².